The molecule has 1 aliphatic rings. The molecule has 2 rings (SSSR count). The summed E-state index contributed by atoms with van der Waals surface area (Å²) in [6.07, 6.45) is 5.52. The maximum Gasteiger partial charge on any atom is 0.242 e. The Morgan fingerprint density at radius 3 is 2.72 bits per heavy atom. The van der Waals surface area contributed by atoms with E-state index in [2.05, 4.69) is 39.7 Å². The fourth-order valence-electron chi connectivity index (χ4n) is 2.37. The molecule has 1 aromatic rings. The summed E-state index contributed by atoms with van der Waals surface area (Å²) in [5, 5.41) is 15.1. The molecule has 1 aromatic heterocycles. The second kappa shape index (κ2) is 6.64. The van der Waals surface area contributed by atoms with Gasteiger partial charge in [-0.1, -0.05) is 13.8 Å². The van der Waals surface area contributed by atoms with Crippen molar-refractivity contribution in [3.05, 3.63) is 11.4 Å². The van der Waals surface area contributed by atoms with E-state index in [4.69, 9.17) is 0 Å². The molecule has 5 heteroatoms. The zero-order valence-electron chi connectivity index (χ0n) is 11.4. The average molecular weight is 249 g/mol. The highest BCUT2D eigenvalue weighted by atomic mass is 15.2. The summed E-state index contributed by atoms with van der Waals surface area (Å²) in [6.45, 7) is 6.26. The lowest BCUT2D eigenvalue weighted by Gasteiger charge is -2.11. The van der Waals surface area contributed by atoms with Crippen molar-refractivity contribution in [1.29, 1.82) is 0 Å². The average Bonchev–Trinajstić information content (AvgIpc) is 2.91. The molecular weight excluding hydrogens is 226 g/mol. The third kappa shape index (κ3) is 3.38. The highest BCUT2D eigenvalue weighted by molar-refractivity contribution is 5.25. The molecule has 0 saturated carbocycles. The number of aryl methyl sites for hydroxylation is 2. The molecule has 0 aliphatic carbocycles. The fourth-order valence-corrected chi connectivity index (χ4v) is 2.37. The molecule has 0 radical (unpaired) electrons. The van der Waals surface area contributed by atoms with Gasteiger partial charge >= 0.3 is 0 Å². The SMILES string of the molecule is CCc1nnc(NCCC2CCCN2)nc1CC. The van der Waals surface area contributed by atoms with Crippen molar-refractivity contribution >= 4 is 5.95 Å². The first kappa shape index (κ1) is 13.2. The van der Waals surface area contributed by atoms with E-state index in [1.54, 1.807) is 0 Å². The number of nitrogens with one attached hydrogen (secondary N) is 2. The molecule has 2 N–H and O–H groups in total. The number of hydrogen-bond acceptors (Lipinski definition) is 5. The van der Waals surface area contributed by atoms with Crippen molar-refractivity contribution in [2.45, 2.75) is 52.0 Å². The van der Waals surface area contributed by atoms with Crippen molar-refractivity contribution in [3.63, 3.8) is 0 Å². The van der Waals surface area contributed by atoms with E-state index in [1.165, 1.54) is 12.8 Å². The van der Waals surface area contributed by atoms with E-state index in [0.717, 1.165) is 43.7 Å². The highest BCUT2D eigenvalue weighted by Gasteiger charge is 2.13. The fraction of sp³-hybridized carbons (Fsp3) is 0.769. The van der Waals surface area contributed by atoms with Crippen molar-refractivity contribution in [1.82, 2.24) is 20.5 Å². The molecule has 100 valence electrons. The minimum atomic E-state index is 0.658. The van der Waals surface area contributed by atoms with Gasteiger partial charge in [-0.15, -0.1) is 5.10 Å². The zero-order valence-corrected chi connectivity index (χ0v) is 11.4. The van der Waals surface area contributed by atoms with E-state index in [0.29, 0.717) is 12.0 Å². The Labute approximate surface area is 109 Å². The van der Waals surface area contributed by atoms with Gasteiger partial charge in [0.25, 0.3) is 0 Å². The second-order valence-corrected chi connectivity index (χ2v) is 4.74. The first-order valence-corrected chi connectivity index (χ1v) is 7.03. The number of nitrogens with zero attached hydrogens (tertiary/aromatic N) is 3. The van der Waals surface area contributed by atoms with Gasteiger partial charge in [-0.05, 0) is 38.6 Å². The maximum atomic E-state index is 4.52. The van der Waals surface area contributed by atoms with Gasteiger partial charge in [-0.25, -0.2) is 4.98 Å². The van der Waals surface area contributed by atoms with Gasteiger partial charge in [0.1, 0.15) is 0 Å². The minimum absolute atomic E-state index is 0.658. The van der Waals surface area contributed by atoms with Gasteiger partial charge < -0.3 is 10.6 Å². The third-order valence-electron chi connectivity index (χ3n) is 3.45. The third-order valence-corrected chi connectivity index (χ3v) is 3.45. The summed E-state index contributed by atoms with van der Waals surface area (Å²) in [7, 11) is 0. The molecule has 0 aromatic carbocycles. The standard InChI is InChI=1S/C13H23N5/c1-3-11-12(4-2)17-18-13(16-11)15-9-7-10-6-5-8-14-10/h10,14H,3-9H2,1-2H3,(H,15,16,18). The molecule has 1 unspecified atom stereocenters. The number of rotatable bonds is 6. The van der Waals surface area contributed by atoms with E-state index < -0.39 is 0 Å². The quantitative estimate of drug-likeness (QED) is 0.801. The molecular formula is C13H23N5. The predicted octanol–water partition coefficient (Wildman–Crippen LogP) is 1.55. The van der Waals surface area contributed by atoms with E-state index in [9.17, 15) is 0 Å². The van der Waals surface area contributed by atoms with Gasteiger partial charge in [0.05, 0.1) is 11.4 Å². The first-order valence-electron chi connectivity index (χ1n) is 7.03. The van der Waals surface area contributed by atoms with Gasteiger partial charge in [-0.3, -0.25) is 0 Å². The zero-order chi connectivity index (χ0) is 12.8. The molecule has 0 spiro atoms. The minimum Gasteiger partial charge on any atom is -0.353 e. The summed E-state index contributed by atoms with van der Waals surface area (Å²) in [4.78, 5) is 4.52. The van der Waals surface area contributed by atoms with E-state index in [1.807, 2.05) is 0 Å². The van der Waals surface area contributed by atoms with Crippen molar-refractivity contribution in [2.24, 2.45) is 0 Å². The van der Waals surface area contributed by atoms with Crippen molar-refractivity contribution < 1.29 is 0 Å². The Morgan fingerprint density at radius 2 is 2.06 bits per heavy atom. The molecule has 5 nitrogen and oxygen atoms in total. The normalized spacial score (nSPS) is 19.1. The largest absolute Gasteiger partial charge is 0.353 e. The van der Waals surface area contributed by atoms with Crippen molar-refractivity contribution in [2.75, 3.05) is 18.4 Å². The first-order chi connectivity index (χ1) is 8.83. The lowest BCUT2D eigenvalue weighted by atomic mass is 10.1. The van der Waals surface area contributed by atoms with E-state index >= 15 is 0 Å². The van der Waals surface area contributed by atoms with Crippen LogP contribution in [0.25, 0.3) is 0 Å². The van der Waals surface area contributed by atoms with Gasteiger partial charge in [0, 0.05) is 12.6 Å². The lowest BCUT2D eigenvalue weighted by molar-refractivity contribution is 0.573. The molecule has 1 atom stereocenters. The summed E-state index contributed by atoms with van der Waals surface area (Å²) >= 11 is 0. The molecule has 18 heavy (non-hydrogen) atoms. The highest BCUT2D eigenvalue weighted by Crippen LogP contribution is 2.10. The predicted molar refractivity (Wildman–Crippen MR) is 72.7 cm³/mol. The Hall–Kier alpha value is -1.23. The topological polar surface area (TPSA) is 62.7 Å². The summed E-state index contributed by atoms with van der Waals surface area (Å²) in [5.74, 6) is 0.669. The van der Waals surface area contributed by atoms with Crippen LogP contribution in [0.15, 0.2) is 0 Å². The smallest absolute Gasteiger partial charge is 0.242 e. The molecule has 0 bridgehead atoms. The molecule has 1 fully saturated rings. The van der Waals surface area contributed by atoms with Crippen LogP contribution in [0.3, 0.4) is 0 Å². The van der Waals surface area contributed by atoms with Gasteiger partial charge in [0.15, 0.2) is 0 Å². The summed E-state index contributed by atoms with van der Waals surface area (Å²) in [6, 6.07) is 0.658. The Morgan fingerprint density at radius 1 is 1.22 bits per heavy atom. The number of anilines is 1. The summed E-state index contributed by atoms with van der Waals surface area (Å²) in [5.41, 5.74) is 2.08. The van der Waals surface area contributed by atoms with E-state index in [-0.39, 0.29) is 0 Å². The van der Waals surface area contributed by atoms with Crippen LogP contribution in [0.2, 0.25) is 0 Å². The Kier molecular flexibility index (Phi) is 4.87. The maximum absolute atomic E-state index is 4.52. The molecule has 2 heterocycles. The van der Waals surface area contributed by atoms with Crippen LogP contribution in [-0.2, 0) is 12.8 Å². The Bertz CT molecular complexity index is 374. The van der Waals surface area contributed by atoms with Crippen LogP contribution in [0.5, 0.6) is 0 Å². The number of aromatic nitrogens is 3. The van der Waals surface area contributed by atoms with Crippen molar-refractivity contribution in [3.8, 4) is 0 Å². The molecule has 0 amide bonds. The Balaban J connectivity index is 1.84. The van der Waals surface area contributed by atoms with Crippen LogP contribution in [0, 0.1) is 0 Å². The second-order valence-electron chi connectivity index (χ2n) is 4.74. The van der Waals surface area contributed by atoms with Crippen LogP contribution in [0.4, 0.5) is 5.95 Å². The van der Waals surface area contributed by atoms with Crippen LogP contribution in [-0.4, -0.2) is 34.3 Å². The van der Waals surface area contributed by atoms with Crippen LogP contribution >= 0.6 is 0 Å². The summed E-state index contributed by atoms with van der Waals surface area (Å²) < 4.78 is 0. The van der Waals surface area contributed by atoms with Gasteiger partial charge in [0.2, 0.25) is 5.95 Å². The lowest BCUT2D eigenvalue weighted by Crippen LogP contribution is -2.24. The molecule has 1 aliphatic heterocycles. The van der Waals surface area contributed by atoms with Crippen LogP contribution in [0.1, 0.15) is 44.5 Å². The molecule has 1 saturated heterocycles. The van der Waals surface area contributed by atoms with Crippen LogP contribution < -0.4 is 10.6 Å². The number of hydrogen-bond donors (Lipinski definition) is 2. The van der Waals surface area contributed by atoms with Gasteiger partial charge in [-0.2, -0.15) is 5.10 Å². The monoisotopic (exact) mass is 249 g/mol.